The van der Waals surface area contributed by atoms with Crippen molar-refractivity contribution in [3.63, 3.8) is 0 Å². The summed E-state index contributed by atoms with van der Waals surface area (Å²) in [6, 6.07) is 4.47. The van der Waals surface area contributed by atoms with Gasteiger partial charge in [-0.3, -0.25) is 0 Å². The van der Waals surface area contributed by atoms with E-state index < -0.39 is 0 Å². The number of nitriles is 2. The van der Waals surface area contributed by atoms with Crippen molar-refractivity contribution in [2.75, 3.05) is 0 Å². The lowest BCUT2D eigenvalue weighted by atomic mass is 9.97. The van der Waals surface area contributed by atoms with E-state index in [1.807, 2.05) is 12.2 Å². The third kappa shape index (κ3) is 3.46. The molecule has 0 aromatic heterocycles. The van der Waals surface area contributed by atoms with Crippen molar-refractivity contribution in [1.82, 2.24) is 0 Å². The molecule has 0 saturated carbocycles. The molecule has 2 atom stereocenters. The lowest BCUT2D eigenvalue weighted by Gasteiger charge is -2.05. The van der Waals surface area contributed by atoms with Crippen molar-refractivity contribution in [2.45, 2.75) is 25.7 Å². The average Bonchev–Trinajstić information content (AvgIpc) is 2.25. The van der Waals surface area contributed by atoms with E-state index >= 15 is 0 Å². The first-order valence-electron chi connectivity index (χ1n) is 4.99. The Hall–Kier alpha value is -1.54. The summed E-state index contributed by atoms with van der Waals surface area (Å²) < 4.78 is 0. The maximum Gasteiger partial charge on any atom is 0.0697 e. The standard InChI is InChI=1S/C12H14N2/c13-9-11-5-3-1-2-4-6-12(10-14)8-7-11/h1-2,7-8,11-12H,3-6H2/b2-1-,8-7-. The zero-order valence-corrected chi connectivity index (χ0v) is 8.19. The predicted molar refractivity (Wildman–Crippen MR) is 55.0 cm³/mol. The van der Waals surface area contributed by atoms with Crippen LogP contribution in [0.5, 0.6) is 0 Å². The van der Waals surface area contributed by atoms with Crippen molar-refractivity contribution in [1.29, 1.82) is 10.5 Å². The maximum atomic E-state index is 8.82. The van der Waals surface area contributed by atoms with Gasteiger partial charge in [0, 0.05) is 0 Å². The zero-order valence-electron chi connectivity index (χ0n) is 8.19. The molecule has 0 saturated heterocycles. The van der Waals surface area contributed by atoms with E-state index in [0.29, 0.717) is 0 Å². The Bertz CT molecular complexity index is 271. The van der Waals surface area contributed by atoms with Gasteiger partial charge in [0.1, 0.15) is 0 Å². The highest BCUT2D eigenvalue weighted by Gasteiger charge is 2.06. The molecule has 0 spiro atoms. The summed E-state index contributed by atoms with van der Waals surface area (Å²) in [5.41, 5.74) is 0. The molecule has 72 valence electrons. The molecule has 2 heteroatoms. The van der Waals surface area contributed by atoms with Crippen LogP contribution in [0.15, 0.2) is 24.3 Å². The Morgan fingerprint density at radius 1 is 0.857 bits per heavy atom. The molecular formula is C12H14N2. The Morgan fingerprint density at radius 2 is 1.29 bits per heavy atom. The SMILES string of the molecule is N#CC1/C=C\C(C#N)CC/C=C\CC1. The van der Waals surface area contributed by atoms with Gasteiger partial charge in [-0.05, 0) is 25.7 Å². The highest BCUT2D eigenvalue weighted by molar-refractivity contribution is 5.08. The fraction of sp³-hybridized carbons (Fsp3) is 0.500. The van der Waals surface area contributed by atoms with E-state index in [1.54, 1.807) is 0 Å². The third-order valence-corrected chi connectivity index (χ3v) is 2.36. The normalized spacial score (nSPS) is 32.1. The summed E-state index contributed by atoms with van der Waals surface area (Å²) in [4.78, 5) is 0. The molecule has 0 fully saturated rings. The molecule has 0 aromatic carbocycles. The average molecular weight is 186 g/mol. The van der Waals surface area contributed by atoms with Crippen molar-refractivity contribution in [3.8, 4) is 12.1 Å². The second-order valence-corrected chi connectivity index (χ2v) is 3.48. The van der Waals surface area contributed by atoms with E-state index in [1.165, 1.54) is 0 Å². The number of nitrogens with zero attached hydrogens (tertiary/aromatic N) is 2. The summed E-state index contributed by atoms with van der Waals surface area (Å²) in [5.74, 6) is -0.0674. The van der Waals surface area contributed by atoms with E-state index in [4.69, 9.17) is 10.5 Å². The van der Waals surface area contributed by atoms with Crippen molar-refractivity contribution in [3.05, 3.63) is 24.3 Å². The molecule has 0 bridgehead atoms. The minimum absolute atomic E-state index is 0.0337. The molecule has 1 aliphatic rings. The third-order valence-electron chi connectivity index (χ3n) is 2.36. The van der Waals surface area contributed by atoms with Crippen LogP contribution in [0.4, 0.5) is 0 Å². The smallest absolute Gasteiger partial charge is 0.0697 e. The maximum absolute atomic E-state index is 8.82. The minimum atomic E-state index is -0.0337. The summed E-state index contributed by atoms with van der Waals surface area (Å²) in [7, 11) is 0. The highest BCUT2D eigenvalue weighted by atomic mass is 14.3. The van der Waals surface area contributed by atoms with Crippen molar-refractivity contribution in [2.24, 2.45) is 11.8 Å². The Morgan fingerprint density at radius 3 is 1.64 bits per heavy atom. The Balaban J connectivity index is 2.65. The summed E-state index contributed by atoms with van der Waals surface area (Å²) in [6.07, 6.45) is 11.6. The molecule has 1 aliphatic carbocycles. The number of allylic oxidation sites excluding steroid dienone is 4. The van der Waals surface area contributed by atoms with Crippen LogP contribution in [0.1, 0.15) is 25.7 Å². The molecular weight excluding hydrogens is 172 g/mol. The van der Waals surface area contributed by atoms with Crippen LogP contribution in [-0.4, -0.2) is 0 Å². The Labute approximate surface area is 85.2 Å². The Kier molecular flexibility index (Phi) is 4.51. The second-order valence-electron chi connectivity index (χ2n) is 3.48. The quantitative estimate of drug-likeness (QED) is 0.546. The lowest BCUT2D eigenvalue weighted by Crippen LogP contribution is -1.97. The van der Waals surface area contributed by atoms with Gasteiger partial charge in [-0.25, -0.2) is 0 Å². The summed E-state index contributed by atoms with van der Waals surface area (Å²) >= 11 is 0. The minimum Gasteiger partial charge on any atom is -0.198 e. The molecule has 14 heavy (non-hydrogen) atoms. The van der Waals surface area contributed by atoms with Gasteiger partial charge in [-0.1, -0.05) is 24.3 Å². The van der Waals surface area contributed by atoms with Crippen LogP contribution >= 0.6 is 0 Å². The van der Waals surface area contributed by atoms with Crippen LogP contribution in [0, 0.1) is 34.5 Å². The van der Waals surface area contributed by atoms with Gasteiger partial charge in [-0.2, -0.15) is 10.5 Å². The van der Waals surface area contributed by atoms with Crippen LogP contribution in [0.3, 0.4) is 0 Å². The van der Waals surface area contributed by atoms with Crippen LogP contribution in [0.2, 0.25) is 0 Å². The zero-order chi connectivity index (χ0) is 10.2. The topological polar surface area (TPSA) is 47.6 Å². The van der Waals surface area contributed by atoms with Crippen LogP contribution in [0.25, 0.3) is 0 Å². The van der Waals surface area contributed by atoms with Crippen molar-refractivity contribution < 1.29 is 0 Å². The first kappa shape index (κ1) is 10.5. The fourth-order valence-corrected chi connectivity index (χ4v) is 1.46. The monoisotopic (exact) mass is 186 g/mol. The van der Waals surface area contributed by atoms with Crippen molar-refractivity contribution >= 4 is 0 Å². The van der Waals surface area contributed by atoms with E-state index in [2.05, 4.69) is 24.3 Å². The van der Waals surface area contributed by atoms with E-state index in [9.17, 15) is 0 Å². The molecule has 2 unspecified atom stereocenters. The number of rotatable bonds is 0. The van der Waals surface area contributed by atoms with Gasteiger partial charge in [0.15, 0.2) is 0 Å². The first-order valence-corrected chi connectivity index (χ1v) is 4.99. The summed E-state index contributed by atoms with van der Waals surface area (Å²) in [5, 5.41) is 17.6. The molecule has 2 nitrogen and oxygen atoms in total. The second kappa shape index (κ2) is 6.00. The molecule has 0 radical (unpaired) electrons. The van der Waals surface area contributed by atoms with Crippen LogP contribution in [-0.2, 0) is 0 Å². The first-order chi connectivity index (χ1) is 6.86. The molecule has 0 N–H and O–H groups in total. The van der Waals surface area contributed by atoms with Gasteiger partial charge in [0.2, 0.25) is 0 Å². The van der Waals surface area contributed by atoms with Gasteiger partial charge in [-0.15, -0.1) is 0 Å². The lowest BCUT2D eigenvalue weighted by molar-refractivity contribution is 0.686. The van der Waals surface area contributed by atoms with Gasteiger partial charge < -0.3 is 0 Å². The van der Waals surface area contributed by atoms with Gasteiger partial charge in [0.25, 0.3) is 0 Å². The highest BCUT2D eigenvalue weighted by Crippen LogP contribution is 2.15. The largest absolute Gasteiger partial charge is 0.198 e. The van der Waals surface area contributed by atoms with E-state index in [-0.39, 0.29) is 11.8 Å². The van der Waals surface area contributed by atoms with Gasteiger partial charge in [0.05, 0.1) is 24.0 Å². The number of hydrogen-bond donors (Lipinski definition) is 0. The fourth-order valence-electron chi connectivity index (χ4n) is 1.46. The molecule has 1 rings (SSSR count). The van der Waals surface area contributed by atoms with E-state index in [0.717, 1.165) is 25.7 Å². The molecule has 0 heterocycles. The molecule has 0 aromatic rings. The van der Waals surface area contributed by atoms with Gasteiger partial charge >= 0.3 is 0 Å². The summed E-state index contributed by atoms with van der Waals surface area (Å²) in [6.45, 7) is 0. The molecule has 0 amide bonds. The van der Waals surface area contributed by atoms with Crippen LogP contribution < -0.4 is 0 Å². The molecule has 0 aliphatic heterocycles. The predicted octanol–water partition coefficient (Wildman–Crippen LogP) is 2.95. The number of hydrogen-bond acceptors (Lipinski definition) is 2.